The van der Waals surface area contributed by atoms with Crippen molar-refractivity contribution in [1.29, 1.82) is 0 Å². The summed E-state index contributed by atoms with van der Waals surface area (Å²) in [7, 11) is 0. The molecule has 2 aromatic rings. The van der Waals surface area contributed by atoms with E-state index in [4.69, 9.17) is 11.6 Å². The Bertz CT molecular complexity index is 595. The fourth-order valence-electron chi connectivity index (χ4n) is 2.64. The SMILES string of the molecule is O=c1[nH]c(Cl)cc2c1cnn2C1CCCCC1. The fourth-order valence-corrected chi connectivity index (χ4v) is 2.83. The summed E-state index contributed by atoms with van der Waals surface area (Å²) in [5.74, 6) is 0. The van der Waals surface area contributed by atoms with Crippen molar-refractivity contribution in [3.8, 4) is 0 Å². The maximum atomic E-state index is 11.7. The Kier molecular flexibility index (Phi) is 2.67. The van der Waals surface area contributed by atoms with Crippen LogP contribution in [0.4, 0.5) is 0 Å². The van der Waals surface area contributed by atoms with Crippen molar-refractivity contribution in [3.63, 3.8) is 0 Å². The molecule has 2 aromatic heterocycles. The lowest BCUT2D eigenvalue weighted by molar-refractivity contribution is 0.337. The molecule has 1 saturated carbocycles. The molecule has 90 valence electrons. The highest BCUT2D eigenvalue weighted by Gasteiger charge is 2.18. The van der Waals surface area contributed by atoms with Crippen molar-refractivity contribution < 1.29 is 0 Å². The highest BCUT2D eigenvalue weighted by Crippen LogP contribution is 2.30. The number of aromatic nitrogens is 3. The van der Waals surface area contributed by atoms with Gasteiger partial charge in [-0.3, -0.25) is 9.48 Å². The van der Waals surface area contributed by atoms with Gasteiger partial charge in [-0.2, -0.15) is 5.10 Å². The lowest BCUT2D eigenvalue weighted by Crippen LogP contribution is -2.14. The van der Waals surface area contributed by atoms with Gasteiger partial charge in [0.1, 0.15) is 5.15 Å². The first kappa shape index (κ1) is 10.8. The second kappa shape index (κ2) is 4.18. The number of rotatable bonds is 1. The summed E-state index contributed by atoms with van der Waals surface area (Å²) < 4.78 is 1.97. The molecule has 5 heteroatoms. The fraction of sp³-hybridized carbons (Fsp3) is 0.500. The predicted molar refractivity (Wildman–Crippen MR) is 67.5 cm³/mol. The third-order valence-corrected chi connectivity index (χ3v) is 3.70. The first-order chi connectivity index (χ1) is 8.25. The summed E-state index contributed by atoms with van der Waals surface area (Å²) in [6.07, 6.45) is 7.70. The topological polar surface area (TPSA) is 50.7 Å². The minimum Gasteiger partial charge on any atom is -0.312 e. The third kappa shape index (κ3) is 1.86. The largest absolute Gasteiger partial charge is 0.312 e. The zero-order valence-corrected chi connectivity index (χ0v) is 10.2. The quantitative estimate of drug-likeness (QED) is 0.793. The Hall–Kier alpha value is -1.29. The van der Waals surface area contributed by atoms with Crippen LogP contribution in [0.1, 0.15) is 38.1 Å². The van der Waals surface area contributed by atoms with Crippen LogP contribution in [0, 0.1) is 0 Å². The molecule has 2 heterocycles. The number of fused-ring (bicyclic) bond motifs is 1. The average Bonchev–Trinajstić information content (AvgIpc) is 2.74. The number of halogens is 1. The molecule has 0 spiro atoms. The van der Waals surface area contributed by atoms with E-state index in [0.29, 0.717) is 16.6 Å². The maximum absolute atomic E-state index is 11.7. The number of H-pyrrole nitrogens is 1. The predicted octanol–water partition coefficient (Wildman–Crippen LogP) is 2.88. The average molecular weight is 252 g/mol. The molecule has 0 aromatic carbocycles. The number of hydrogen-bond donors (Lipinski definition) is 1. The van der Waals surface area contributed by atoms with E-state index in [1.807, 2.05) is 4.68 Å². The molecule has 1 aliphatic rings. The van der Waals surface area contributed by atoms with Crippen LogP contribution < -0.4 is 5.56 Å². The van der Waals surface area contributed by atoms with Gasteiger partial charge in [0.05, 0.1) is 23.1 Å². The monoisotopic (exact) mass is 251 g/mol. The molecule has 0 amide bonds. The minimum absolute atomic E-state index is 0.158. The molecular formula is C12H14ClN3O. The molecule has 0 aliphatic heterocycles. The third-order valence-electron chi connectivity index (χ3n) is 3.50. The summed E-state index contributed by atoms with van der Waals surface area (Å²) in [5, 5.41) is 5.36. The Morgan fingerprint density at radius 2 is 2.12 bits per heavy atom. The van der Waals surface area contributed by atoms with Crippen LogP contribution in [-0.2, 0) is 0 Å². The Labute approximate surface area is 104 Å². The number of nitrogens with one attached hydrogen (secondary N) is 1. The van der Waals surface area contributed by atoms with Gasteiger partial charge in [0, 0.05) is 0 Å². The molecule has 1 fully saturated rings. The number of pyridine rings is 1. The lowest BCUT2D eigenvalue weighted by Gasteiger charge is -2.22. The lowest BCUT2D eigenvalue weighted by atomic mass is 9.95. The highest BCUT2D eigenvalue weighted by molar-refractivity contribution is 6.29. The Morgan fingerprint density at radius 3 is 2.88 bits per heavy atom. The molecule has 0 atom stereocenters. The van der Waals surface area contributed by atoms with Gasteiger partial charge in [-0.1, -0.05) is 30.9 Å². The van der Waals surface area contributed by atoms with Gasteiger partial charge in [0.25, 0.3) is 5.56 Å². The molecule has 1 N–H and O–H groups in total. The van der Waals surface area contributed by atoms with Gasteiger partial charge in [-0.15, -0.1) is 0 Å². The minimum atomic E-state index is -0.158. The van der Waals surface area contributed by atoms with Gasteiger partial charge in [0.2, 0.25) is 0 Å². The van der Waals surface area contributed by atoms with Crippen LogP contribution in [0.3, 0.4) is 0 Å². The number of aromatic amines is 1. The summed E-state index contributed by atoms with van der Waals surface area (Å²) >= 11 is 5.90. The van der Waals surface area contributed by atoms with Gasteiger partial charge >= 0.3 is 0 Å². The Balaban J connectivity index is 2.13. The van der Waals surface area contributed by atoms with E-state index in [9.17, 15) is 4.79 Å². The van der Waals surface area contributed by atoms with E-state index in [1.54, 1.807) is 12.3 Å². The van der Waals surface area contributed by atoms with E-state index in [2.05, 4.69) is 10.1 Å². The van der Waals surface area contributed by atoms with Crippen molar-refractivity contribution >= 4 is 22.5 Å². The first-order valence-corrected chi connectivity index (χ1v) is 6.39. The smallest absolute Gasteiger partial charge is 0.260 e. The van der Waals surface area contributed by atoms with Crippen LogP contribution in [0.5, 0.6) is 0 Å². The Morgan fingerprint density at radius 1 is 1.35 bits per heavy atom. The van der Waals surface area contributed by atoms with Crippen molar-refractivity contribution in [3.05, 3.63) is 27.8 Å². The second-order valence-corrected chi connectivity index (χ2v) is 5.03. The first-order valence-electron chi connectivity index (χ1n) is 6.02. The van der Waals surface area contributed by atoms with Crippen molar-refractivity contribution in [1.82, 2.24) is 14.8 Å². The van der Waals surface area contributed by atoms with Gasteiger partial charge in [-0.05, 0) is 18.9 Å². The number of nitrogens with zero attached hydrogens (tertiary/aromatic N) is 2. The van der Waals surface area contributed by atoms with Gasteiger partial charge in [-0.25, -0.2) is 0 Å². The zero-order chi connectivity index (χ0) is 11.8. The van der Waals surface area contributed by atoms with Gasteiger partial charge in [0.15, 0.2) is 0 Å². The molecule has 0 radical (unpaired) electrons. The number of hydrogen-bond acceptors (Lipinski definition) is 2. The van der Waals surface area contributed by atoms with Crippen LogP contribution in [0.15, 0.2) is 17.1 Å². The van der Waals surface area contributed by atoms with Crippen molar-refractivity contribution in [2.24, 2.45) is 0 Å². The molecule has 17 heavy (non-hydrogen) atoms. The van der Waals surface area contributed by atoms with Gasteiger partial charge < -0.3 is 4.98 Å². The summed E-state index contributed by atoms with van der Waals surface area (Å²) in [5.41, 5.74) is 0.695. The zero-order valence-electron chi connectivity index (χ0n) is 9.45. The molecule has 0 bridgehead atoms. The summed E-state index contributed by atoms with van der Waals surface area (Å²) in [6.45, 7) is 0. The van der Waals surface area contributed by atoms with E-state index in [-0.39, 0.29) is 5.56 Å². The second-order valence-electron chi connectivity index (χ2n) is 4.63. The molecular weight excluding hydrogens is 238 g/mol. The van der Waals surface area contributed by atoms with Crippen molar-refractivity contribution in [2.45, 2.75) is 38.1 Å². The molecule has 0 unspecified atom stereocenters. The highest BCUT2D eigenvalue weighted by atomic mass is 35.5. The van der Waals surface area contributed by atoms with E-state index in [1.165, 1.54) is 19.3 Å². The van der Waals surface area contributed by atoms with E-state index in [0.717, 1.165) is 18.4 Å². The molecule has 3 rings (SSSR count). The van der Waals surface area contributed by atoms with E-state index >= 15 is 0 Å². The normalized spacial score (nSPS) is 17.7. The van der Waals surface area contributed by atoms with Crippen LogP contribution in [-0.4, -0.2) is 14.8 Å². The van der Waals surface area contributed by atoms with Crippen LogP contribution in [0.2, 0.25) is 5.15 Å². The standard InChI is InChI=1S/C12H14ClN3O/c13-11-6-10-9(12(17)15-11)7-14-16(10)8-4-2-1-3-5-8/h6-8H,1-5H2,(H,15,17). The van der Waals surface area contributed by atoms with E-state index < -0.39 is 0 Å². The molecule has 4 nitrogen and oxygen atoms in total. The maximum Gasteiger partial charge on any atom is 0.260 e. The molecule has 0 saturated heterocycles. The van der Waals surface area contributed by atoms with Crippen LogP contribution in [0.25, 0.3) is 10.9 Å². The molecule has 1 aliphatic carbocycles. The van der Waals surface area contributed by atoms with Crippen LogP contribution >= 0.6 is 11.6 Å². The summed E-state index contributed by atoms with van der Waals surface area (Å²) in [4.78, 5) is 14.3. The summed E-state index contributed by atoms with van der Waals surface area (Å²) in [6, 6.07) is 2.21. The van der Waals surface area contributed by atoms with Crippen molar-refractivity contribution in [2.75, 3.05) is 0 Å².